The van der Waals surface area contributed by atoms with E-state index in [-0.39, 0.29) is 5.91 Å². The van der Waals surface area contributed by atoms with Gasteiger partial charge in [-0.05, 0) is 37.7 Å². The molecule has 0 saturated heterocycles. The molecule has 0 saturated carbocycles. The number of carbonyl (C=O) groups excluding carboxylic acids is 1. The van der Waals surface area contributed by atoms with E-state index in [1.54, 1.807) is 6.20 Å². The predicted molar refractivity (Wildman–Crippen MR) is 94.3 cm³/mol. The van der Waals surface area contributed by atoms with Gasteiger partial charge < -0.3 is 5.32 Å². The molecular weight excluding hydrogens is 288 g/mol. The van der Waals surface area contributed by atoms with E-state index in [1.165, 1.54) is 19.3 Å². The zero-order valence-electron chi connectivity index (χ0n) is 14.0. The number of nitrogens with zero attached hydrogens (tertiary/aromatic N) is 2. The first-order valence-corrected chi connectivity index (χ1v) is 8.26. The fraction of sp³-hybridized carbons (Fsp3) is 0.444. The molecule has 0 unspecified atom stereocenters. The lowest BCUT2D eigenvalue weighted by Gasteiger charge is -2.16. The van der Waals surface area contributed by atoms with Gasteiger partial charge in [-0.1, -0.05) is 38.3 Å². The van der Waals surface area contributed by atoms with Gasteiger partial charge in [0.05, 0.1) is 12.7 Å². The highest BCUT2D eigenvalue weighted by Gasteiger charge is 2.07. The normalized spacial score (nSPS) is 10.9. The number of unbranched alkanes of at least 4 members (excludes halogenated alkanes) is 3. The lowest BCUT2D eigenvalue weighted by atomic mass is 10.1. The van der Waals surface area contributed by atoms with Gasteiger partial charge in [0, 0.05) is 17.4 Å². The molecule has 2 N–H and O–H groups in total. The van der Waals surface area contributed by atoms with Crippen LogP contribution in [0.2, 0.25) is 0 Å². The number of aromatic amines is 1. The van der Waals surface area contributed by atoms with Crippen LogP contribution in [0.25, 0.3) is 11.1 Å². The minimum atomic E-state index is 0.0269. The number of likely N-dealkylation sites (N-methyl/N-ethyl adjacent to an activating group) is 1. The van der Waals surface area contributed by atoms with Crippen LogP contribution in [0.3, 0.4) is 0 Å². The fourth-order valence-corrected chi connectivity index (χ4v) is 2.49. The van der Waals surface area contributed by atoms with Gasteiger partial charge in [0.15, 0.2) is 0 Å². The van der Waals surface area contributed by atoms with Crippen LogP contribution in [-0.2, 0) is 4.79 Å². The van der Waals surface area contributed by atoms with Crippen LogP contribution in [0, 0.1) is 0 Å². The summed E-state index contributed by atoms with van der Waals surface area (Å²) < 4.78 is 0. The average molecular weight is 314 g/mol. The van der Waals surface area contributed by atoms with Gasteiger partial charge in [-0.3, -0.25) is 14.8 Å². The molecule has 5 nitrogen and oxygen atoms in total. The van der Waals surface area contributed by atoms with E-state index >= 15 is 0 Å². The van der Waals surface area contributed by atoms with Crippen LogP contribution in [0.4, 0.5) is 5.69 Å². The summed E-state index contributed by atoms with van der Waals surface area (Å²) in [4.78, 5) is 14.1. The fourth-order valence-electron chi connectivity index (χ4n) is 2.49. The topological polar surface area (TPSA) is 61.0 Å². The monoisotopic (exact) mass is 314 g/mol. The predicted octanol–water partition coefficient (Wildman–Crippen LogP) is 3.53. The molecule has 0 aliphatic heterocycles. The summed E-state index contributed by atoms with van der Waals surface area (Å²) in [6, 6.07) is 7.80. The number of amides is 1. The Bertz CT molecular complexity index is 578. The molecule has 1 aromatic heterocycles. The number of H-pyrrole nitrogens is 1. The molecule has 0 bridgehead atoms. The molecule has 0 aliphatic rings. The van der Waals surface area contributed by atoms with Crippen LogP contribution >= 0.6 is 0 Å². The Morgan fingerprint density at radius 2 is 1.96 bits per heavy atom. The Hall–Kier alpha value is -2.14. The van der Waals surface area contributed by atoms with Crippen molar-refractivity contribution in [3.05, 3.63) is 36.7 Å². The second-order valence-corrected chi connectivity index (χ2v) is 5.91. The molecule has 23 heavy (non-hydrogen) atoms. The molecule has 5 heteroatoms. The Kier molecular flexibility index (Phi) is 6.81. The molecule has 124 valence electrons. The molecule has 0 fully saturated rings. The van der Waals surface area contributed by atoms with E-state index in [9.17, 15) is 4.79 Å². The average Bonchev–Trinajstić information content (AvgIpc) is 3.06. The maximum atomic E-state index is 12.1. The molecule has 0 radical (unpaired) electrons. The second kappa shape index (κ2) is 9.10. The van der Waals surface area contributed by atoms with E-state index in [2.05, 4.69) is 27.3 Å². The Balaban J connectivity index is 1.76. The van der Waals surface area contributed by atoms with Crippen molar-refractivity contribution >= 4 is 11.6 Å². The Morgan fingerprint density at radius 1 is 1.17 bits per heavy atom. The number of hydrogen-bond donors (Lipinski definition) is 2. The van der Waals surface area contributed by atoms with Crippen molar-refractivity contribution in [3.63, 3.8) is 0 Å². The maximum Gasteiger partial charge on any atom is 0.238 e. The van der Waals surface area contributed by atoms with Crippen LogP contribution in [0.5, 0.6) is 0 Å². The summed E-state index contributed by atoms with van der Waals surface area (Å²) in [6.07, 6.45) is 8.51. The van der Waals surface area contributed by atoms with Gasteiger partial charge in [0.1, 0.15) is 0 Å². The zero-order valence-corrected chi connectivity index (χ0v) is 14.0. The van der Waals surface area contributed by atoms with Gasteiger partial charge in [-0.15, -0.1) is 0 Å². The van der Waals surface area contributed by atoms with Crippen molar-refractivity contribution in [2.75, 3.05) is 25.5 Å². The van der Waals surface area contributed by atoms with Crippen LogP contribution in [-0.4, -0.2) is 41.1 Å². The highest BCUT2D eigenvalue weighted by molar-refractivity contribution is 5.92. The van der Waals surface area contributed by atoms with Gasteiger partial charge in [-0.25, -0.2) is 0 Å². The van der Waals surface area contributed by atoms with E-state index in [0.29, 0.717) is 6.54 Å². The van der Waals surface area contributed by atoms with Crippen LogP contribution in [0.15, 0.2) is 36.7 Å². The molecule has 0 atom stereocenters. The van der Waals surface area contributed by atoms with Gasteiger partial charge in [-0.2, -0.15) is 5.10 Å². The minimum Gasteiger partial charge on any atom is -0.325 e. The van der Waals surface area contributed by atoms with Crippen LogP contribution in [0.1, 0.15) is 32.6 Å². The summed E-state index contributed by atoms with van der Waals surface area (Å²) in [7, 11) is 1.99. The lowest BCUT2D eigenvalue weighted by molar-refractivity contribution is -0.117. The number of benzene rings is 1. The number of aromatic nitrogens is 2. The smallest absolute Gasteiger partial charge is 0.238 e. The molecular formula is C18H26N4O. The largest absolute Gasteiger partial charge is 0.325 e. The number of hydrogen-bond acceptors (Lipinski definition) is 3. The third-order valence-electron chi connectivity index (χ3n) is 3.81. The first-order valence-electron chi connectivity index (χ1n) is 8.26. The molecule has 2 aromatic rings. The van der Waals surface area contributed by atoms with Crippen molar-refractivity contribution in [1.29, 1.82) is 0 Å². The highest BCUT2D eigenvalue weighted by Crippen LogP contribution is 2.19. The second-order valence-electron chi connectivity index (χ2n) is 5.91. The van der Waals surface area contributed by atoms with E-state index in [0.717, 1.165) is 29.8 Å². The quantitative estimate of drug-likeness (QED) is 0.696. The zero-order chi connectivity index (χ0) is 16.5. The number of carbonyl (C=O) groups is 1. The SMILES string of the molecule is CCCCCCN(C)CC(=O)Nc1ccc(-c2cn[nH]c2)cc1. The first kappa shape index (κ1) is 17.2. The Labute approximate surface area is 138 Å². The summed E-state index contributed by atoms with van der Waals surface area (Å²) >= 11 is 0. The molecule has 2 rings (SSSR count). The van der Waals surface area contributed by atoms with E-state index < -0.39 is 0 Å². The minimum absolute atomic E-state index is 0.0269. The lowest BCUT2D eigenvalue weighted by Crippen LogP contribution is -2.30. The van der Waals surface area contributed by atoms with E-state index in [1.807, 2.05) is 37.5 Å². The summed E-state index contributed by atoms with van der Waals surface area (Å²) in [5.74, 6) is 0.0269. The molecule has 1 amide bonds. The Morgan fingerprint density at radius 3 is 2.61 bits per heavy atom. The summed E-state index contributed by atoms with van der Waals surface area (Å²) in [5, 5.41) is 9.68. The molecule has 1 heterocycles. The van der Waals surface area contributed by atoms with Crippen molar-refractivity contribution < 1.29 is 4.79 Å². The standard InChI is InChI=1S/C18H26N4O/c1-3-4-5-6-11-22(2)14-18(23)21-17-9-7-15(8-10-17)16-12-19-20-13-16/h7-10,12-13H,3-6,11,14H2,1-2H3,(H,19,20)(H,21,23). The molecule has 0 aliphatic carbocycles. The van der Waals surface area contributed by atoms with Gasteiger partial charge in [0.2, 0.25) is 5.91 Å². The third-order valence-corrected chi connectivity index (χ3v) is 3.81. The summed E-state index contributed by atoms with van der Waals surface area (Å²) in [5.41, 5.74) is 2.93. The molecule has 1 aromatic carbocycles. The maximum absolute atomic E-state index is 12.1. The first-order chi connectivity index (χ1) is 11.2. The van der Waals surface area contributed by atoms with E-state index in [4.69, 9.17) is 0 Å². The number of anilines is 1. The third kappa shape index (κ3) is 5.87. The molecule has 0 spiro atoms. The van der Waals surface area contributed by atoms with Crippen molar-refractivity contribution in [3.8, 4) is 11.1 Å². The van der Waals surface area contributed by atoms with Gasteiger partial charge in [0.25, 0.3) is 0 Å². The van der Waals surface area contributed by atoms with Crippen molar-refractivity contribution in [1.82, 2.24) is 15.1 Å². The van der Waals surface area contributed by atoms with Gasteiger partial charge >= 0.3 is 0 Å². The van der Waals surface area contributed by atoms with Crippen LogP contribution < -0.4 is 5.32 Å². The summed E-state index contributed by atoms with van der Waals surface area (Å²) in [6.45, 7) is 3.59. The van der Waals surface area contributed by atoms with Crippen molar-refractivity contribution in [2.45, 2.75) is 32.6 Å². The number of nitrogens with one attached hydrogen (secondary N) is 2. The number of rotatable bonds is 9. The van der Waals surface area contributed by atoms with Crippen molar-refractivity contribution in [2.24, 2.45) is 0 Å². The highest BCUT2D eigenvalue weighted by atomic mass is 16.2.